The summed E-state index contributed by atoms with van der Waals surface area (Å²) in [5.74, 6) is 0.774. The van der Waals surface area contributed by atoms with E-state index in [0.717, 1.165) is 17.9 Å². The van der Waals surface area contributed by atoms with E-state index in [0.29, 0.717) is 5.69 Å². The zero-order valence-electron chi connectivity index (χ0n) is 10.7. The minimum Gasteiger partial charge on any atom is -0.399 e. The van der Waals surface area contributed by atoms with Crippen LogP contribution >= 0.6 is 0 Å². The Bertz CT molecular complexity index is 491. The summed E-state index contributed by atoms with van der Waals surface area (Å²) in [4.78, 5) is 4.22. The fourth-order valence-electron chi connectivity index (χ4n) is 1.80. The number of nitrogen functional groups attached to an aromatic ring is 1. The molecular formula is C15H19N3. The van der Waals surface area contributed by atoms with E-state index in [4.69, 9.17) is 5.73 Å². The third-order valence-electron chi connectivity index (χ3n) is 2.83. The lowest BCUT2D eigenvalue weighted by Crippen LogP contribution is -1.95. The summed E-state index contributed by atoms with van der Waals surface area (Å²) >= 11 is 0. The van der Waals surface area contributed by atoms with Crippen molar-refractivity contribution in [1.82, 2.24) is 4.98 Å². The van der Waals surface area contributed by atoms with Crippen molar-refractivity contribution in [3.05, 3.63) is 48.2 Å². The van der Waals surface area contributed by atoms with Gasteiger partial charge in [-0.15, -0.1) is 0 Å². The summed E-state index contributed by atoms with van der Waals surface area (Å²) in [6.07, 6.45) is 5.32. The van der Waals surface area contributed by atoms with Gasteiger partial charge in [-0.3, -0.25) is 0 Å². The number of aromatic nitrogens is 1. The van der Waals surface area contributed by atoms with Gasteiger partial charge in [-0.05, 0) is 36.6 Å². The Morgan fingerprint density at radius 3 is 2.61 bits per heavy atom. The molecule has 0 amide bonds. The van der Waals surface area contributed by atoms with Crippen LogP contribution in [0.2, 0.25) is 0 Å². The van der Waals surface area contributed by atoms with Crippen LogP contribution in [0.1, 0.15) is 25.3 Å². The van der Waals surface area contributed by atoms with Gasteiger partial charge in [-0.2, -0.15) is 0 Å². The Morgan fingerprint density at radius 1 is 1.17 bits per heavy atom. The van der Waals surface area contributed by atoms with Gasteiger partial charge in [0.2, 0.25) is 0 Å². The third-order valence-corrected chi connectivity index (χ3v) is 2.83. The second-order valence-electron chi connectivity index (χ2n) is 4.40. The van der Waals surface area contributed by atoms with E-state index in [9.17, 15) is 0 Å². The Balaban J connectivity index is 2.02. The number of nitrogens with two attached hydrogens (primary N) is 1. The lowest BCUT2D eigenvalue weighted by molar-refractivity contribution is 0.795. The third kappa shape index (κ3) is 3.48. The fraction of sp³-hybridized carbons (Fsp3) is 0.267. The number of pyridine rings is 1. The molecule has 3 heteroatoms. The quantitative estimate of drug-likeness (QED) is 0.838. The highest BCUT2D eigenvalue weighted by Gasteiger charge is 1.97. The number of hydrogen-bond donors (Lipinski definition) is 2. The van der Waals surface area contributed by atoms with Crippen molar-refractivity contribution in [1.29, 1.82) is 0 Å². The first-order chi connectivity index (χ1) is 8.78. The average molecular weight is 241 g/mol. The lowest BCUT2D eigenvalue weighted by atomic mass is 10.1. The van der Waals surface area contributed by atoms with Crippen molar-refractivity contribution in [2.24, 2.45) is 0 Å². The topological polar surface area (TPSA) is 50.9 Å². The van der Waals surface area contributed by atoms with E-state index >= 15 is 0 Å². The molecule has 3 nitrogen and oxygen atoms in total. The van der Waals surface area contributed by atoms with E-state index in [1.807, 2.05) is 6.07 Å². The van der Waals surface area contributed by atoms with Crippen LogP contribution in [0.15, 0.2) is 42.6 Å². The van der Waals surface area contributed by atoms with Gasteiger partial charge in [0.1, 0.15) is 5.82 Å². The largest absolute Gasteiger partial charge is 0.399 e. The maximum absolute atomic E-state index is 5.71. The number of hydrogen-bond acceptors (Lipinski definition) is 3. The van der Waals surface area contributed by atoms with Crippen LogP contribution in [0.4, 0.5) is 17.2 Å². The number of nitrogens with zero attached hydrogens (tertiary/aromatic N) is 1. The molecular weight excluding hydrogens is 222 g/mol. The number of unbranched alkanes of at least 4 members (excludes halogenated alkanes) is 1. The fourth-order valence-corrected chi connectivity index (χ4v) is 1.80. The molecule has 0 aliphatic carbocycles. The second kappa shape index (κ2) is 6.05. The van der Waals surface area contributed by atoms with Gasteiger partial charge < -0.3 is 11.1 Å². The number of aryl methyl sites for hydroxylation is 1. The molecule has 0 radical (unpaired) electrons. The highest BCUT2D eigenvalue weighted by molar-refractivity contribution is 5.59. The molecule has 0 saturated carbocycles. The van der Waals surface area contributed by atoms with Crippen LogP contribution < -0.4 is 11.1 Å². The van der Waals surface area contributed by atoms with Crippen molar-refractivity contribution in [3.8, 4) is 0 Å². The lowest BCUT2D eigenvalue weighted by Gasteiger charge is -2.07. The van der Waals surface area contributed by atoms with Crippen molar-refractivity contribution in [2.45, 2.75) is 26.2 Å². The summed E-state index contributed by atoms with van der Waals surface area (Å²) in [7, 11) is 0. The first kappa shape index (κ1) is 12.4. The predicted octanol–water partition coefficient (Wildman–Crippen LogP) is 3.75. The molecule has 0 bridgehead atoms. The summed E-state index contributed by atoms with van der Waals surface area (Å²) in [5.41, 5.74) is 8.84. The van der Waals surface area contributed by atoms with E-state index in [2.05, 4.69) is 41.5 Å². The van der Waals surface area contributed by atoms with Crippen LogP contribution in [0.5, 0.6) is 0 Å². The monoisotopic (exact) mass is 241 g/mol. The van der Waals surface area contributed by atoms with Gasteiger partial charge in [0, 0.05) is 23.6 Å². The van der Waals surface area contributed by atoms with Crippen molar-refractivity contribution < 1.29 is 0 Å². The Labute approximate surface area is 108 Å². The number of nitrogens with one attached hydrogen (secondary N) is 1. The smallest absolute Gasteiger partial charge is 0.132 e. The molecule has 0 saturated heterocycles. The molecule has 3 N–H and O–H groups in total. The first-order valence-corrected chi connectivity index (χ1v) is 6.35. The van der Waals surface area contributed by atoms with Crippen LogP contribution in [-0.2, 0) is 6.42 Å². The summed E-state index contributed by atoms with van der Waals surface area (Å²) in [5, 5.41) is 3.24. The molecule has 94 valence electrons. The molecule has 0 atom stereocenters. The molecule has 1 heterocycles. The summed E-state index contributed by atoms with van der Waals surface area (Å²) < 4.78 is 0. The van der Waals surface area contributed by atoms with E-state index in [1.165, 1.54) is 18.4 Å². The summed E-state index contributed by atoms with van der Waals surface area (Å²) in [6, 6.07) is 12.1. The molecule has 0 aliphatic rings. The van der Waals surface area contributed by atoms with Gasteiger partial charge in [0.05, 0.1) is 0 Å². The maximum atomic E-state index is 5.71. The normalized spacial score (nSPS) is 10.3. The van der Waals surface area contributed by atoms with E-state index in [-0.39, 0.29) is 0 Å². The van der Waals surface area contributed by atoms with E-state index < -0.39 is 0 Å². The number of rotatable bonds is 5. The van der Waals surface area contributed by atoms with Gasteiger partial charge in [-0.1, -0.05) is 25.5 Å². The van der Waals surface area contributed by atoms with Gasteiger partial charge >= 0.3 is 0 Å². The molecule has 1 aromatic heterocycles. The molecule has 0 unspecified atom stereocenters. The minimum absolute atomic E-state index is 0.715. The van der Waals surface area contributed by atoms with Crippen LogP contribution in [0.3, 0.4) is 0 Å². The summed E-state index contributed by atoms with van der Waals surface area (Å²) in [6.45, 7) is 2.21. The molecule has 0 spiro atoms. The number of benzene rings is 1. The standard InChI is InChI=1S/C15H19N3/c1-2-3-4-12-5-7-14(8-6-12)18-15-11-13(16)9-10-17-15/h5-11H,2-4H2,1H3,(H3,16,17,18). The molecule has 0 fully saturated rings. The maximum Gasteiger partial charge on any atom is 0.132 e. The Morgan fingerprint density at radius 2 is 1.94 bits per heavy atom. The van der Waals surface area contributed by atoms with Gasteiger partial charge in [-0.25, -0.2) is 4.98 Å². The van der Waals surface area contributed by atoms with Crippen molar-refractivity contribution in [3.63, 3.8) is 0 Å². The van der Waals surface area contributed by atoms with Crippen LogP contribution in [0.25, 0.3) is 0 Å². The second-order valence-corrected chi connectivity index (χ2v) is 4.40. The highest BCUT2D eigenvalue weighted by Crippen LogP contribution is 2.17. The molecule has 1 aromatic carbocycles. The van der Waals surface area contributed by atoms with Crippen molar-refractivity contribution in [2.75, 3.05) is 11.1 Å². The molecule has 2 aromatic rings. The zero-order valence-corrected chi connectivity index (χ0v) is 10.7. The predicted molar refractivity (Wildman–Crippen MR) is 77.0 cm³/mol. The number of anilines is 3. The van der Waals surface area contributed by atoms with Crippen molar-refractivity contribution >= 4 is 17.2 Å². The highest BCUT2D eigenvalue weighted by atomic mass is 15.0. The Kier molecular flexibility index (Phi) is 4.18. The molecule has 18 heavy (non-hydrogen) atoms. The molecule has 2 rings (SSSR count). The zero-order chi connectivity index (χ0) is 12.8. The Hall–Kier alpha value is -2.03. The van der Waals surface area contributed by atoms with Gasteiger partial charge in [0.15, 0.2) is 0 Å². The first-order valence-electron chi connectivity index (χ1n) is 6.35. The minimum atomic E-state index is 0.715. The van der Waals surface area contributed by atoms with Crippen LogP contribution in [0, 0.1) is 0 Å². The van der Waals surface area contributed by atoms with E-state index in [1.54, 1.807) is 12.3 Å². The van der Waals surface area contributed by atoms with Crippen LogP contribution in [-0.4, -0.2) is 4.98 Å². The average Bonchev–Trinajstić information content (AvgIpc) is 2.38. The van der Waals surface area contributed by atoms with Gasteiger partial charge in [0.25, 0.3) is 0 Å². The SMILES string of the molecule is CCCCc1ccc(Nc2cc(N)ccn2)cc1. The molecule has 0 aliphatic heterocycles.